The van der Waals surface area contributed by atoms with E-state index in [1.165, 1.54) is 30.3 Å². The minimum absolute atomic E-state index is 0.0197. The number of urea groups is 1. The Morgan fingerprint density at radius 3 is 2.61 bits per heavy atom. The maximum atomic E-state index is 12.8. The molecule has 3 amide bonds. The van der Waals surface area contributed by atoms with Gasteiger partial charge in [0.15, 0.2) is 6.61 Å². The number of carbonyl (C=O) groups excluding carboxylic acids is 3. The van der Waals surface area contributed by atoms with Crippen LogP contribution in [0.2, 0.25) is 0 Å². The number of amides is 3. The highest BCUT2D eigenvalue weighted by molar-refractivity contribution is 5.96. The van der Waals surface area contributed by atoms with Gasteiger partial charge < -0.3 is 14.5 Å². The van der Waals surface area contributed by atoms with Crippen LogP contribution in [0.4, 0.5) is 18.0 Å². The highest BCUT2D eigenvalue weighted by Crippen LogP contribution is 2.32. The largest absolute Gasteiger partial charge is 0.450 e. The van der Waals surface area contributed by atoms with Crippen molar-refractivity contribution in [2.24, 2.45) is 0 Å². The van der Waals surface area contributed by atoms with Crippen LogP contribution in [0.25, 0.3) is 11.3 Å². The first-order valence-electron chi connectivity index (χ1n) is 7.84. The molecular weight excluding hydrogens is 381 g/mol. The molecule has 2 aromatic rings. The average Bonchev–Trinajstić information content (AvgIpc) is 3.14. The molecule has 0 radical (unpaired) electrons. The van der Waals surface area contributed by atoms with Gasteiger partial charge in [0.05, 0.1) is 5.56 Å². The minimum Gasteiger partial charge on any atom is -0.450 e. The highest BCUT2D eigenvalue weighted by atomic mass is 19.4. The zero-order valence-corrected chi connectivity index (χ0v) is 14.3. The van der Waals surface area contributed by atoms with Crippen molar-refractivity contribution < 1.29 is 36.7 Å². The van der Waals surface area contributed by atoms with E-state index in [0.29, 0.717) is 0 Å². The molecule has 0 bridgehead atoms. The van der Waals surface area contributed by atoms with E-state index < -0.39 is 36.3 Å². The molecule has 148 valence electrons. The van der Waals surface area contributed by atoms with E-state index in [9.17, 15) is 27.6 Å². The maximum Gasteiger partial charge on any atom is 0.416 e. The summed E-state index contributed by atoms with van der Waals surface area (Å²) in [5.41, 5.74) is -0.748. The molecule has 2 rings (SSSR count). The Morgan fingerprint density at radius 1 is 1.18 bits per heavy atom. The van der Waals surface area contributed by atoms with Crippen molar-refractivity contribution in [3.8, 4) is 11.3 Å². The SMILES string of the molecule is C=CCNC(=O)NC(=O)COC(=O)c1ccc(-c2cccc(C(F)(F)F)c2)o1. The molecule has 0 spiro atoms. The summed E-state index contributed by atoms with van der Waals surface area (Å²) in [6.07, 6.45) is -3.11. The lowest BCUT2D eigenvalue weighted by Crippen LogP contribution is -2.41. The predicted octanol–water partition coefficient (Wildman–Crippen LogP) is 3.13. The molecule has 0 atom stereocenters. The molecule has 0 aliphatic carbocycles. The summed E-state index contributed by atoms with van der Waals surface area (Å²) in [4.78, 5) is 34.6. The number of nitrogens with one attached hydrogen (secondary N) is 2. The van der Waals surface area contributed by atoms with Gasteiger partial charge in [-0.05, 0) is 24.3 Å². The van der Waals surface area contributed by atoms with E-state index in [-0.39, 0.29) is 23.6 Å². The van der Waals surface area contributed by atoms with Crippen molar-refractivity contribution in [3.05, 3.63) is 60.4 Å². The van der Waals surface area contributed by atoms with E-state index >= 15 is 0 Å². The van der Waals surface area contributed by atoms with E-state index in [2.05, 4.69) is 11.9 Å². The number of halogens is 3. The molecular formula is C18H15F3N2O5. The molecule has 1 heterocycles. The van der Waals surface area contributed by atoms with Crippen molar-refractivity contribution in [3.63, 3.8) is 0 Å². The van der Waals surface area contributed by atoms with Gasteiger partial charge in [-0.2, -0.15) is 13.2 Å². The molecule has 0 saturated heterocycles. The Labute approximate surface area is 157 Å². The second-order valence-electron chi connectivity index (χ2n) is 5.37. The third-order valence-corrected chi connectivity index (χ3v) is 3.28. The van der Waals surface area contributed by atoms with E-state index in [4.69, 9.17) is 9.15 Å². The van der Waals surface area contributed by atoms with Gasteiger partial charge >= 0.3 is 18.2 Å². The molecule has 0 aliphatic heterocycles. The summed E-state index contributed by atoms with van der Waals surface area (Å²) in [5.74, 6) is -2.18. The van der Waals surface area contributed by atoms with Crippen LogP contribution < -0.4 is 10.6 Å². The zero-order valence-electron chi connectivity index (χ0n) is 14.3. The van der Waals surface area contributed by atoms with Crippen LogP contribution in [-0.4, -0.2) is 31.1 Å². The van der Waals surface area contributed by atoms with Gasteiger partial charge in [-0.15, -0.1) is 6.58 Å². The van der Waals surface area contributed by atoms with Gasteiger partial charge in [-0.3, -0.25) is 10.1 Å². The molecule has 10 heteroatoms. The molecule has 7 nitrogen and oxygen atoms in total. The average molecular weight is 396 g/mol. The van der Waals surface area contributed by atoms with Gasteiger partial charge in [-0.25, -0.2) is 9.59 Å². The van der Waals surface area contributed by atoms with Crippen molar-refractivity contribution in [1.82, 2.24) is 10.6 Å². The number of carbonyl (C=O) groups is 3. The van der Waals surface area contributed by atoms with Crippen LogP contribution >= 0.6 is 0 Å². The van der Waals surface area contributed by atoms with Crippen LogP contribution in [0, 0.1) is 0 Å². The quantitative estimate of drug-likeness (QED) is 0.578. The monoisotopic (exact) mass is 396 g/mol. The van der Waals surface area contributed by atoms with E-state index in [0.717, 1.165) is 12.1 Å². The van der Waals surface area contributed by atoms with Crippen molar-refractivity contribution in [2.45, 2.75) is 6.18 Å². The highest BCUT2D eigenvalue weighted by Gasteiger charge is 2.30. The van der Waals surface area contributed by atoms with Gasteiger partial charge in [0.1, 0.15) is 5.76 Å². The molecule has 2 N–H and O–H groups in total. The first kappa shape index (κ1) is 20.7. The van der Waals surface area contributed by atoms with Crippen molar-refractivity contribution >= 4 is 17.9 Å². The van der Waals surface area contributed by atoms with E-state index in [1.807, 2.05) is 5.32 Å². The van der Waals surface area contributed by atoms with Crippen molar-refractivity contribution in [1.29, 1.82) is 0 Å². The number of imide groups is 1. The topological polar surface area (TPSA) is 97.6 Å². The Kier molecular flexibility index (Phi) is 6.59. The second kappa shape index (κ2) is 8.89. The summed E-state index contributed by atoms with van der Waals surface area (Å²) in [7, 11) is 0. The van der Waals surface area contributed by atoms with Crippen LogP contribution in [0.15, 0.2) is 53.5 Å². The Bertz CT molecular complexity index is 889. The minimum atomic E-state index is -4.52. The van der Waals surface area contributed by atoms with Crippen LogP contribution in [0.5, 0.6) is 0 Å². The Balaban J connectivity index is 1.96. The second-order valence-corrected chi connectivity index (χ2v) is 5.37. The third-order valence-electron chi connectivity index (χ3n) is 3.28. The molecule has 0 unspecified atom stereocenters. The number of esters is 1. The molecule has 28 heavy (non-hydrogen) atoms. The zero-order chi connectivity index (χ0) is 20.7. The van der Waals surface area contributed by atoms with Gasteiger partial charge in [0.2, 0.25) is 5.76 Å². The number of furan rings is 1. The molecule has 0 aliphatic rings. The fourth-order valence-electron chi connectivity index (χ4n) is 2.03. The Hall–Kier alpha value is -3.56. The molecule has 0 fully saturated rings. The van der Waals surface area contributed by atoms with Crippen LogP contribution in [0.1, 0.15) is 16.1 Å². The standard InChI is InChI=1S/C18H15F3N2O5/c1-2-8-22-17(26)23-15(24)10-27-16(25)14-7-6-13(28-14)11-4-3-5-12(9-11)18(19,20)21/h2-7,9H,1,8,10H2,(H2,22,23,24,26). The first-order chi connectivity index (χ1) is 13.2. The number of rotatable bonds is 6. The number of benzene rings is 1. The lowest BCUT2D eigenvalue weighted by atomic mass is 10.1. The lowest BCUT2D eigenvalue weighted by molar-refractivity contribution is -0.137. The Morgan fingerprint density at radius 2 is 1.93 bits per heavy atom. The molecule has 1 aromatic carbocycles. The fourth-order valence-corrected chi connectivity index (χ4v) is 2.03. The van der Waals surface area contributed by atoms with Gasteiger partial charge in [-0.1, -0.05) is 18.2 Å². The number of hydrogen-bond donors (Lipinski definition) is 2. The number of ether oxygens (including phenoxy) is 1. The maximum absolute atomic E-state index is 12.8. The van der Waals surface area contributed by atoms with E-state index in [1.54, 1.807) is 0 Å². The normalized spacial score (nSPS) is 10.8. The lowest BCUT2D eigenvalue weighted by Gasteiger charge is -2.07. The fraction of sp³-hybridized carbons (Fsp3) is 0.167. The summed E-state index contributed by atoms with van der Waals surface area (Å²) < 4.78 is 48.2. The third kappa shape index (κ3) is 5.73. The summed E-state index contributed by atoms with van der Waals surface area (Å²) in [6, 6.07) is 6.10. The van der Waals surface area contributed by atoms with Crippen LogP contribution in [-0.2, 0) is 15.7 Å². The predicted molar refractivity (Wildman–Crippen MR) is 91.2 cm³/mol. The number of alkyl halides is 3. The van der Waals surface area contributed by atoms with Crippen LogP contribution in [0.3, 0.4) is 0 Å². The number of hydrogen-bond acceptors (Lipinski definition) is 5. The summed E-state index contributed by atoms with van der Waals surface area (Å²) in [5, 5.41) is 4.21. The van der Waals surface area contributed by atoms with Gasteiger partial charge in [0, 0.05) is 12.1 Å². The summed E-state index contributed by atoms with van der Waals surface area (Å²) in [6.45, 7) is 2.78. The first-order valence-corrected chi connectivity index (χ1v) is 7.84. The summed E-state index contributed by atoms with van der Waals surface area (Å²) >= 11 is 0. The smallest absolute Gasteiger partial charge is 0.416 e. The molecule has 1 aromatic heterocycles. The molecule has 0 saturated carbocycles. The van der Waals surface area contributed by atoms with Gasteiger partial charge in [0.25, 0.3) is 5.91 Å². The van der Waals surface area contributed by atoms with Crippen molar-refractivity contribution in [2.75, 3.05) is 13.2 Å².